The lowest BCUT2D eigenvalue weighted by Gasteiger charge is -2.20. The standard InChI is InChI=1S/C15H23ClN2O2/c1-10(2)9-18-14(20)11(6-7-13(16)19)8-12(17-18)15(3,4)5/h8,10H,6-7,9H2,1-5H3. The predicted octanol–water partition coefficient (Wildman–Crippen LogP) is 2.89. The summed E-state index contributed by atoms with van der Waals surface area (Å²) in [5, 5.41) is 4.04. The van der Waals surface area contributed by atoms with Crippen LogP contribution in [0.1, 0.15) is 52.3 Å². The van der Waals surface area contributed by atoms with Gasteiger partial charge in [0.1, 0.15) is 0 Å². The van der Waals surface area contributed by atoms with E-state index in [2.05, 4.69) is 25.9 Å². The molecule has 0 saturated carbocycles. The molecule has 0 radical (unpaired) electrons. The molecule has 1 aromatic heterocycles. The van der Waals surface area contributed by atoms with Crippen LogP contribution in [0.4, 0.5) is 0 Å². The van der Waals surface area contributed by atoms with Crippen LogP contribution < -0.4 is 5.56 Å². The van der Waals surface area contributed by atoms with E-state index in [1.54, 1.807) is 6.07 Å². The highest BCUT2D eigenvalue weighted by Crippen LogP contribution is 2.20. The lowest BCUT2D eigenvalue weighted by atomic mass is 9.91. The molecule has 0 amide bonds. The topological polar surface area (TPSA) is 52.0 Å². The third-order valence-electron chi connectivity index (χ3n) is 2.95. The Morgan fingerprint density at radius 3 is 2.45 bits per heavy atom. The zero-order chi connectivity index (χ0) is 15.5. The van der Waals surface area contributed by atoms with Gasteiger partial charge in [-0.3, -0.25) is 9.59 Å². The van der Waals surface area contributed by atoms with Crippen LogP contribution in [0.3, 0.4) is 0 Å². The molecular weight excluding hydrogens is 276 g/mol. The summed E-state index contributed by atoms with van der Waals surface area (Å²) >= 11 is 5.37. The van der Waals surface area contributed by atoms with Crippen molar-refractivity contribution in [3.05, 3.63) is 27.7 Å². The number of aryl methyl sites for hydroxylation is 1. The van der Waals surface area contributed by atoms with E-state index >= 15 is 0 Å². The molecule has 0 unspecified atom stereocenters. The van der Waals surface area contributed by atoms with Gasteiger partial charge in [0.05, 0.1) is 5.69 Å². The quantitative estimate of drug-likeness (QED) is 0.785. The van der Waals surface area contributed by atoms with Crippen LogP contribution in [0.15, 0.2) is 10.9 Å². The lowest BCUT2D eigenvalue weighted by Crippen LogP contribution is -2.31. The molecule has 20 heavy (non-hydrogen) atoms. The van der Waals surface area contributed by atoms with Gasteiger partial charge in [0.2, 0.25) is 5.24 Å². The van der Waals surface area contributed by atoms with Crippen LogP contribution in [0.5, 0.6) is 0 Å². The van der Waals surface area contributed by atoms with E-state index in [1.165, 1.54) is 4.68 Å². The maximum Gasteiger partial charge on any atom is 0.269 e. The van der Waals surface area contributed by atoms with Gasteiger partial charge in [0.25, 0.3) is 5.56 Å². The van der Waals surface area contributed by atoms with E-state index < -0.39 is 5.24 Å². The molecule has 112 valence electrons. The second-order valence-corrected chi connectivity index (χ2v) is 6.96. The molecule has 5 heteroatoms. The number of aromatic nitrogens is 2. The van der Waals surface area contributed by atoms with E-state index in [1.807, 2.05) is 13.8 Å². The summed E-state index contributed by atoms with van der Waals surface area (Å²) in [6.07, 6.45) is 0.539. The highest BCUT2D eigenvalue weighted by atomic mass is 35.5. The highest BCUT2D eigenvalue weighted by molar-refractivity contribution is 6.63. The fourth-order valence-corrected chi connectivity index (χ4v) is 1.94. The second kappa shape index (κ2) is 6.53. The molecule has 0 aliphatic rings. The molecule has 0 aromatic carbocycles. The molecule has 0 aliphatic heterocycles. The molecule has 4 nitrogen and oxygen atoms in total. The van der Waals surface area contributed by atoms with Crippen molar-refractivity contribution in [2.45, 2.75) is 59.4 Å². The molecule has 0 fully saturated rings. The summed E-state index contributed by atoms with van der Waals surface area (Å²) in [4.78, 5) is 23.3. The molecule has 0 bridgehead atoms. The Labute approximate surface area is 125 Å². The smallest absolute Gasteiger partial charge is 0.269 e. The summed E-state index contributed by atoms with van der Waals surface area (Å²) in [6.45, 7) is 10.8. The Morgan fingerprint density at radius 1 is 1.40 bits per heavy atom. The van der Waals surface area contributed by atoms with Gasteiger partial charge in [0.15, 0.2) is 0 Å². The maximum absolute atomic E-state index is 12.3. The molecule has 0 saturated heterocycles. The van der Waals surface area contributed by atoms with Gasteiger partial charge in [-0.2, -0.15) is 5.10 Å². The number of nitrogens with zero attached hydrogens (tertiary/aromatic N) is 2. The fraction of sp³-hybridized carbons (Fsp3) is 0.667. The Balaban J connectivity index is 3.27. The number of carbonyl (C=O) groups excluding carboxylic acids is 1. The van der Waals surface area contributed by atoms with Crippen LogP contribution in [-0.4, -0.2) is 15.0 Å². The normalized spacial score (nSPS) is 11.9. The van der Waals surface area contributed by atoms with Crippen LogP contribution in [0, 0.1) is 5.92 Å². The molecule has 0 N–H and O–H groups in total. The average Bonchev–Trinajstić information content (AvgIpc) is 2.27. The number of halogens is 1. The summed E-state index contributed by atoms with van der Waals surface area (Å²) in [6, 6.07) is 1.80. The minimum absolute atomic E-state index is 0.121. The minimum atomic E-state index is -0.422. The van der Waals surface area contributed by atoms with Gasteiger partial charge >= 0.3 is 0 Å². The van der Waals surface area contributed by atoms with Gasteiger partial charge in [0, 0.05) is 23.9 Å². The van der Waals surface area contributed by atoms with Crippen LogP contribution in [0.2, 0.25) is 0 Å². The summed E-state index contributed by atoms with van der Waals surface area (Å²) in [5.74, 6) is 0.331. The first kappa shape index (κ1) is 16.9. The monoisotopic (exact) mass is 298 g/mol. The summed E-state index contributed by atoms with van der Waals surface area (Å²) in [7, 11) is 0. The Kier molecular flexibility index (Phi) is 5.51. The first-order valence-corrected chi connectivity index (χ1v) is 7.29. The minimum Gasteiger partial charge on any atom is -0.281 e. The van der Waals surface area contributed by atoms with E-state index in [0.717, 1.165) is 5.69 Å². The Morgan fingerprint density at radius 2 is 2.00 bits per heavy atom. The van der Waals surface area contributed by atoms with Crippen molar-refractivity contribution in [3.63, 3.8) is 0 Å². The highest BCUT2D eigenvalue weighted by Gasteiger charge is 2.19. The van der Waals surface area contributed by atoms with Crippen molar-refractivity contribution >= 4 is 16.8 Å². The third kappa shape index (κ3) is 4.75. The van der Waals surface area contributed by atoms with Crippen LogP contribution in [-0.2, 0) is 23.2 Å². The third-order valence-corrected chi connectivity index (χ3v) is 3.13. The van der Waals surface area contributed by atoms with E-state index in [4.69, 9.17) is 11.6 Å². The van der Waals surface area contributed by atoms with Crippen LogP contribution >= 0.6 is 11.6 Å². The first-order chi connectivity index (χ1) is 9.11. The molecule has 0 atom stereocenters. The Hall–Kier alpha value is -1.16. The zero-order valence-corrected chi connectivity index (χ0v) is 13.6. The predicted molar refractivity (Wildman–Crippen MR) is 81.2 cm³/mol. The van der Waals surface area contributed by atoms with Crippen molar-refractivity contribution in [3.8, 4) is 0 Å². The number of rotatable bonds is 5. The van der Waals surface area contributed by atoms with E-state index in [9.17, 15) is 9.59 Å². The second-order valence-electron chi connectivity index (χ2n) is 6.54. The molecule has 1 heterocycles. The fourth-order valence-electron chi connectivity index (χ4n) is 1.85. The first-order valence-electron chi connectivity index (χ1n) is 6.91. The SMILES string of the molecule is CC(C)Cn1nc(C(C)(C)C)cc(CCC(=O)Cl)c1=O. The van der Waals surface area contributed by atoms with Crippen molar-refractivity contribution in [2.75, 3.05) is 0 Å². The molecule has 1 rings (SSSR count). The summed E-state index contributed by atoms with van der Waals surface area (Å²) in [5.41, 5.74) is 1.20. The van der Waals surface area contributed by atoms with Gasteiger partial charge in [-0.25, -0.2) is 4.68 Å². The molecule has 1 aromatic rings. The molecular formula is C15H23ClN2O2. The maximum atomic E-state index is 12.3. The van der Waals surface area contributed by atoms with Crippen molar-refractivity contribution in [1.82, 2.24) is 9.78 Å². The van der Waals surface area contributed by atoms with Crippen LogP contribution in [0.25, 0.3) is 0 Å². The zero-order valence-electron chi connectivity index (χ0n) is 12.9. The van der Waals surface area contributed by atoms with Crippen molar-refractivity contribution in [1.29, 1.82) is 0 Å². The summed E-state index contributed by atoms with van der Waals surface area (Å²) < 4.78 is 1.51. The largest absolute Gasteiger partial charge is 0.281 e. The van der Waals surface area contributed by atoms with E-state index in [-0.39, 0.29) is 17.4 Å². The molecule has 0 spiro atoms. The van der Waals surface area contributed by atoms with Gasteiger partial charge in [-0.15, -0.1) is 0 Å². The Bertz CT molecular complexity index is 542. The van der Waals surface area contributed by atoms with Gasteiger partial charge in [-0.1, -0.05) is 34.6 Å². The lowest BCUT2D eigenvalue weighted by molar-refractivity contribution is -0.111. The van der Waals surface area contributed by atoms with Gasteiger partial charge in [-0.05, 0) is 30.0 Å². The number of carbonyl (C=O) groups is 1. The van der Waals surface area contributed by atoms with Gasteiger partial charge < -0.3 is 0 Å². The number of hydrogen-bond donors (Lipinski definition) is 0. The van der Waals surface area contributed by atoms with E-state index in [0.29, 0.717) is 24.4 Å². The number of hydrogen-bond acceptors (Lipinski definition) is 3. The van der Waals surface area contributed by atoms with Crippen molar-refractivity contribution < 1.29 is 4.79 Å². The molecule has 0 aliphatic carbocycles. The average molecular weight is 299 g/mol. The van der Waals surface area contributed by atoms with Crippen molar-refractivity contribution in [2.24, 2.45) is 5.92 Å².